The van der Waals surface area contributed by atoms with Crippen molar-refractivity contribution in [2.24, 2.45) is 5.92 Å². The summed E-state index contributed by atoms with van der Waals surface area (Å²) in [7, 11) is 0. The lowest BCUT2D eigenvalue weighted by Gasteiger charge is -2.32. The van der Waals surface area contributed by atoms with Gasteiger partial charge in [-0.3, -0.25) is 0 Å². The predicted octanol–water partition coefficient (Wildman–Crippen LogP) is 3.19. The molecule has 0 heterocycles. The lowest BCUT2D eigenvalue weighted by Crippen LogP contribution is -2.36. The molecule has 15 heavy (non-hydrogen) atoms. The van der Waals surface area contributed by atoms with Gasteiger partial charge in [0.1, 0.15) is 0 Å². The smallest absolute Gasteiger partial charge is 0.244 e. The number of aliphatic hydroxyl groups is 1. The molecule has 0 aromatic heterocycles. The second-order valence-electron chi connectivity index (χ2n) is 3.86. The van der Waals surface area contributed by atoms with Crippen LogP contribution < -0.4 is 0 Å². The molecule has 0 bridgehead atoms. The summed E-state index contributed by atoms with van der Waals surface area (Å²) in [6, 6.07) is 8.61. The normalized spacial score (nSPS) is 17.5. The Bertz CT molecular complexity index is 296. The van der Waals surface area contributed by atoms with Crippen LogP contribution in [0.1, 0.15) is 25.8 Å². The molecule has 0 aliphatic carbocycles. The van der Waals surface area contributed by atoms with E-state index >= 15 is 0 Å². The third kappa shape index (κ3) is 2.53. The lowest BCUT2D eigenvalue weighted by atomic mass is 9.81. The molecule has 2 atom stereocenters. The van der Waals surface area contributed by atoms with E-state index in [2.05, 4.69) is 0 Å². The van der Waals surface area contributed by atoms with E-state index in [-0.39, 0.29) is 6.42 Å². The molecule has 0 radical (unpaired) electrons. The quantitative estimate of drug-likeness (QED) is 0.816. The van der Waals surface area contributed by atoms with Gasteiger partial charge in [-0.2, -0.15) is 0 Å². The maximum absolute atomic E-state index is 12.7. The molecule has 1 nitrogen and oxygen atoms in total. The summed E-state index contributed by atoms with van der Waals surface area (Å²) < 4.78 is 25.4. The second-order valence-corrected chi connectivity index (χ2v) is 3.86. The maximum atomic E-state index is 12.7. The number of benzene rings is 1. The van der Waals surface area contributed by atoms with Gasteiger partial charge in [0.05, 0.1) is 11.5 Å². The van der Waals surface area contributed by atoms with Crippen LogP contribution in [0.25, 0.3) is 0 Å². The van der Waals surface area contributed by atoms with Gasteiger partial charge in [-0.05, 0) is 18.9 Å². The number of hydrogen-bond acceptors (Lipinski definition) is 1. The van der Waals surface area contributed by atoms with Crippen molar-refractivity contribution < 1.29 is 13.9 Å². The number of hydrogen-bond donors (Lipinski definition) is 1. The Morgan fingerprint density at radius 2 is 1.80 bits per heavy atom. The summed E-state index contributed by atoms with van der Waals surface area (Å²) >= 11 is 0. The third-order valence-corrected chi connectivity index (χ3v) is 2.82. The topological polar surface area (TPSA) is 20.2 Å². The minimum Gasteiger partial charge on any atom is -0.385 e. The molecule has 0 saturated carbocycles. The van der Waals surface area contributed by atoms with E-state index in [1.54, 1.807) is 37.3 Å². The van der Waals surface area contributed by atoms with Gasteiger partial charge in [0.15, 0.2) is 0 Å². The molecule has 0 amide bonds. The SMILES string of the molecule is CCC(C(F)F)C(C)(O)c1ccccc1. The van der Waals surface area contributed by atoms with Crippen LogP contribution in [0, 0.1) is 5.92 Å². The summed E-state index contributed by atoms with van der Waals surface area (Å²) in [5, 5.41) is 10.1. The minimum atomic E-state index is -2.51. The molecule has 3 heteroatoms. The van der Waals surface area contributed by atoms with Gasteiger partial charge < -0.3 is 5.11 Å². The van der Waals surface area contributed by atoms with Crippen molar-refractivity contribution in [2.45, 2.75) is 32.3 Å². The fraction of sp³-hybridized carbons (Fsp3) is 0.500. The zero-order valence-corrected chi connectivity index (χ0v) is 8.95. The minimum absolute atomic E-state index is 0.250. The van der Waals surface area contributed by atoms with Gasteiger partial charge in [-0.1, -0.05) is 37.3 Å². The Balaban J connectivity index is 3.00. The Morgan fingerprint density at radius 3 is 2.20 bits per heavy atom. The van der Waals surface area contributed by atoms with Crippen molar-refractivity contribution >= 4 is 0 Å². The molecule has 0 fully saturated rings. The molecule has 0 aliphatic heterocycles. The van der Waals surface area contributed by atoms with Gasteiger partial charge in [0, 0.05) is 0 Å². The van der Waals surface area contributed by atoms with Crippen molar-refractivity contribution in [2.75, 3.05) is 0 Å². The molecule has 2 unspecified atom stereocenters. The fourth-order valence-corrected chi connectivity index (χ4v) is 1.81. The lowest BCUT2D eigenvalue weighted by molar-refractivity contribution is -0.0798. The van der Waals surface area contributed by atoms with E-state index in [1.807, 2.05) is 0 Å². The molecular weight excluding hydrogens is 198 g/mol. The highest BCUT2D eigenvalue weighted by atomic mass is 19.3. The van der Waals surface area contributed by atoms with Crippen molar-refractivity contribution in [3.63, 3.8) is 0 Å². The second kappa shape index (κ2) is 4.71. The van der Waals surface area contributed by atoms with E-state index in [9.17, 15) is 13.9 Å². The molecule has 1 aromatic rings. The van der Waals surface area contributed by atoms with E-state index in [4.69, 9.17) is 0 Å². The molecule has 0 spiro atoms. The van der Waals surface area contributed by atoms with Gasteiger partial charge in [0.25, 0.3) is 0 Å². The number of alkyl halides is 2. The largest absolute Gasteiger partial charge is 0.385 e. The van der Waals surface area contributed by atoms with Crippen molar-refractivity contribution in [3.8, 4) is 0 Å². The molecule has 1 N–H and O–H groups in total. The number of rotatable bonds is 4. The average Bonchev–Trinajstić information content (AvgIpc) is 2.19. The first-order chi connectivity index (χ1) is 7.00. The van der Waals surface area contributed by atoms with Crippen LogP contribution in [0.5, 0.6) is 0 Å². The first kappa shape index (κ1) is 12.1. The first-order valence-electron chi connectivity index (χ1n) is 5.06. The predicted molar refractivity (Wildman–Crippen MR) is 55.8 cm³/mol. The Morgan fingerprint density at radius 1 is 1.27 bits per heavy atom. The van der Waals surface area contributed by atoms with Crippen LogP contribution in [0.3, 0.4) is 0 Å². The summed E-state index contributed by atoms with van der Waals surface area (Å²) in [6.07, 6.45) is -2.26. The standard InChI is InChI=1S/C12H16F2O/c1-3-10(11(13)14)12(2,15)9-7-5-4-6-8-9/h4-8,10-11,15H,3H2,1-2H3. The highest BCUT2D eigenvalue weighted by Gasteiger charge is 2.38. The first-order valence-corrected chi connectivity index (χ1v) is 5.06. The Kier molecular flexibility index (Phi) is 3.80. The van der Waals surface area contributed by atoms with Gasteiger partial charge in [0.2, 0.25) is 6.43 Å². The molecule has 84 valence electrons. The molecule has 0 saturated heterocycles. The van der Waals surface area contributed by atoms with E-state index in [1.165, 1.54) is 6.92 Å². The average molecular weight is 214 g/mol. The molecule has 1 rings (SSSR count). The van der Waals surface area contributed by atoms with E-state index in [0.29, 0.717) is 5.56 Å². The Labute approximate surface area is 88.7 Å². The maximum Gasteiger partial charge on any atom is 0.244 e. The van der Waals surface area contributed by atoms with Gasteiger partial charge in [-0.25, -0.2) is 8.78 Å². The van der Waals surface area contributed by atoms with Crippen LogP contribution in [0.4, 0.5) is 8.78 Å². The zero-order chi connectivity index (χ0) is 11.5. The van der Waals surface area contributed by atoms with Crippen molar-refractivity contribution in [1.82, 2.24) is 0 Å². The van der Waals surface area contributed by atoms with Crippen LogP contribution in [-0.4, -0.2) is 11.5 Å². The van der Waals surface area contributed by atoms with E-state index < -0.39 is 17.9 Å². The Hall–Kier alpha value is -0.960. The van der Waals surface area contributed by atoms with Crippen molar-refractivity contribution in [3.05, 3.63) is 35.9 Å². The van der Waals surface area contributed by atoms with Crippen LogP contribution in [-0.2, 0) is 5.60 Å². The van der Waals surface area contributed by atoms with Crippen LogP contribution in [0.15, 0.2) is 30.3 Å². The molecule has 0 aliphatic rings. The summed E-state index contributed by atoms with van der Waals surface area (Å²) in [4.78, 5) is 0. The zero-order valence-electron chi connectivity index (χ0n) is 8.95. The third-order valence-electron chi connectivity index (χ3n) is 2.82. The van der Waals surface area contributed by atoms with Crippen LogP contribution >= 0.6 is 0 Å². The highest BCUT2D eigenvalue weighted by molar-refractivity contribution is 5.22. The monoisotopic (exact) mass is 214 g/mol. The van der Waals surface area contributed by atoms with E-state index in [0.717, 1.165) is 0 Å². The van der Waals surface area contributed by atoms with Crippen LogP contribution in [0.2, 0.25) is 0 Å². The summed E-state index contributed by atoms with van der Waals surface area (Å²) in [5.74, 6) is -1.03. The van der Waals surface area contributed by atoms with Crippen molar-refractivity contribution in [1.29, 1.82) is 0 Å². The summed E-state index contributed by atoms with van der Waals surface area (Å²) in [6.45, 7) is 3.11. The highest BCUT2D eigenvalue weighted by Crippen LogP contribution is 2.35. The number of halogens is 2. The van der Waals surface area contributed by atoms with Gasteiger partial charge >= 0.3 is 0 Å². The fourth-order valence-electron chi connectivity index (χ4n) is 1.81. The molecule has 1 aromatic carbocycles. The summed E-state index contributed by atoms with van der Waals surface area (Å²) in [5.41, 5.74) is -0.929. The van der Waals surface area contributed by atoms with Gasteiger partial charge in [-0.15, -0.1) is 0 Å². The molecular formula is C12H16F2O.